The number of aryl methyl sites for hydroxylation is 7. The maximum atomic E-state index is 11.6. The van der Waals surface area contributed by atoms with Crippen LogP contribution in [0.2, 0.25) is 0 Å². The van der Waals surface area contributed by atoms with Crippen LogP contribution in [0.1, 0.15) is 94.3 Å². The van der Waals surface area contributed by atoms with E-state index in [2.05, 4.69) is 66.0 Å². The molecule has 0 aliphatic heterocycles. The Hall–Kier alpha value is -4.20. The van der Waals surface area contributed by atoms with E-state index in [4.69, 9.17) is 13.6 Å². The van der Waals surface area contributed by atoms with E-state index in [0.717, 1.165) is 47.7 Å². The van der Waals surface area contributed by atoms with Crippen molar-refractivity contribution in [3.8, 4) is 11.6 Å². The van der Waals surface area contributed by atoms with Crippen LogP contribution in [0.5, 0.6) is 0 Å². The molecule has 0 aliphatic carbocycles. The fourth-order valence-electron chi connectivity index (χ4n) is 3.99. The number of hydrogen-bond donors (Lipinski definition) is 0. The van der Waals surface area contributed by atoms with E-state index in [1.165, 1.54) is 18.0 Å². The van der Waals surface area contributed by atoms with Crippen molar-refractivity contribution in [2.45, 2.75) is 88.9 Å². The summed E-state index contributed by atoms with van der Waals surface area (Å²) < 4.78 is 25.3. The third kappa shape index (κ3) is 14.4. The molecule has 52 heavy (non-hydrogen) atoms. The number of oxazole rings is 2. The monoisotopic (exact) mass is 880 g/mol. The predicted molar refractivity (Wildman–Crippen MR) is 197 cm³/mol. The summed E-state index contributed by atoms with van der Waals surface area (Å²) in [5.41, 5.74) is 6.62. The normalized spacial score (nSPS) is 9.60. The third-order valence-corrected chi connectivity index (χ3v) is 7.18. The minimum Gasteiger partial charge on any atom is -0.460 e. The average molecular weight is 882 g/mol. The van der Waals surface area contributed by atoms with Crippen LogP contribution in [0.15, 0.2) is 38.4 Å². The predicted octanol–water partition coefficient (Wildman–Crippen LogP) is 7.41. The number of ether oxygens (including phenoxy) is 2. The summed E-state index contributed by atoms with van der Waals surface area (Å²) in [4.78, 5) is 40.8. The van der Waals surface area contributed by atoms with Crippen LogP contribution >= 0.6 is 15.9 Å². The van der Waals surface area contributed by atoms with Gasteiger partial charge in [-0.25, -0.2) is 19.6 Å². The number of aldehydes is 1. The van der Waals surface area contributed by atoms with E-state index in [9.17, 15) is 14.4 Å². The van der Waals surface area contributed by atoms with E-state index in [-0.39, 0.29) is 51.6 Å². The molecule has 5 heterocycles. The van der Waals surface area contributed by atoms with Crippen LogP contribution < -0.4 is 0 Å². The molecule has 5 aromatic heterocycles. The van der Waals surface area contributed by atoms with Gasteiger partial charge in [0, 0.05) is 53.5 Å². The van der Waals surface area contributed by atoms with E-state index in [1.54, 1.807) is 24.7 Å². The molecule has 5 rings (SSSR count). The fraction of sp³-hybridized carbons (Fsp3) is 0.429. The zero-order valence-electron chi connectivity index (χ0n) is 32.1. The van der Waals surface area contributed by atoms with Crippen LogP contribution in [0, 0.1) is 49.5 Å². The Kier molecular flexibility index (Phi) is 23.9. The second kappa shape index (κ2) is 24.9. The molecule has 0 bridgehead atoms. The third-order valence-electron chi connectivity index (χ3n) is 6.82. The Morgan fingerprint density at radius 3 is 1.65 bits per heavy atom. The summed E-state index contributed by atoms with van der Waals surface area (Å²) in [7, 11) is 0. The SMILES string of the molecule is CCOC(=O)c1cnc(-c2c(C)c(C)nn2CC)o1.CCOC(=O)c1cnc(Br)o1.CCn1cc(C)c(C)n1.CCn1cc(C=O)c(C)n1.[CH3-].[CH3-].[Pd+2]. The standard InChI is InChI=1S/C13H17N3O3.C7H10N2O.C7H12N2.C6H6BrNO3.2CH3.Pd/c1-5-16-11(8(3)9(4)15-16)12-14-7-10(19-12)13(17)18-6-2;1-3-9-4-7(5-10)6(2)8-9;1-4-9-5-6(2)7(3)8-9;1-2-10-5(9)4-3-8-6(7)11-4;;;/h7H,5-6H2,1-4H3;4-5H,3H2,1-2H3;5H,4H2,1-3H3;3H,2H2,1H3;2*1H3;/q;;;;2*-1;+2. The van der Waals surface area contributed by atoms with Crippen LogP contribution in [-0.2, 0) is 49.5 Å². The molecule has 0 fully saturated rings. The first-order chi connectivity index (χ1) is 23.3. The summed E-state index contributed by atoms with van der Waals surface area (Å²) in [5, 5.41) is 12.7. The minimum absolute atomic E-state index is 0. The molecule has 0 saturated carbocycles. The molecule has 15 nitrogen and oxygen atoms in total. The van der Waals surface area contributed by atoms with Crippen LogP contribution in [0.3, 0.4) is 0 Å². The number of carbonyl (C=O) groups is 3. The topological polar surface area (TPSA) is 175 Å². The van der Waals surface area contributed by atoms with Gasteiger partial charge in [0.2, 0.25) is 17.4 Å². The van der Waals surface area contributed by atoms with Gasteiger partial charge in [-0.1, -0.05) is 0 Å². The summed E-state index contributed by atoms with van der Waals surface area (Å²) in [6.07, 6.45) is 7.34. The number of nitrogens with zero attached hydrogens (tertiary/aromatic N) is 8. The summed E-state index contributed by atoms with van der Waals surface area (Å²) in [5.74, 6) is -0.386. The fourth-order valence-corrected chi connectivity index (χ4v) is 4.27. The van der Waals surface area contributed by atoms with Gasteiger partial charge in [-0.05, 0) is 74.8 Å². The molecule has 0 radical (unpaired) electrons. The van der Waals surface area contributed by atoms with Crippen molar-refractivity contribution in [2.24, 2.45) is 0 Å². The second-order valence-electron chi connectivity index (χ2n) is 10.2. The van der Waals surface area contributed by atoms with Gasteiger partial charge in [0.1, 0.15) is 5.69 Å². The van der Waals surface area contributed by atoms with Gasteiger partial charge in [-0.2, -0.15) is 15.3 Å². The van der Waals surface area contributed by atoms with E-state index in [0.29, 0.717) is 31.2 Å². The quantitative estimate of drug-likeness (QED) is 0.0622. The molecule has 0 aliphatic rings. The molecule has 0 unspecified atom stereocenters. The summed E-state index contributed by atoms with van der Waals surface area (Å²) >= 11 is 2.97. The molecule has 0 aromatic carbocycles. The van der Waals surface area contributed by atoms with Crippen molar-refractivity contribution in [3.05, 3.63) is 89.7 Å². The maximum Gasteiger partial charge on any atom is 2.00 e. The van der Waals surface area contributed by atoms with Gasteiger partial charge in [0.05, 0.1) is 48.3 Å². The van der Waals surface area contributed by atoms with Gasteiger partial charge in [-0.3, -0.25) is 18.8 Å². The number of halogens is 1. The van der Waals surface area contributed by atoms with Gasteiger partial charge < -0.3 is 33.2 Å². The Labute approximate surface area is 328 Å². The Balaban J connectivity index is 0. The smallest absolute Gasteiger partial charge is 0.460 e. The van der Waals surface area contributed by atoms with E-state index >= 15 is 0 Å². The number of rotatable bonds is 9. The molecule has 290 valence electrons. The molecule has 0 atom stereocenters. The summed E-state index contributed by atoms with van der Waals surface area (Å²) in [6.45, 7) is 22.5. The molecule has 17 heteroatoms. The van der Waals surface area contributed by atoms with E-state index in [1.807, 2.05) is 50.9 Å². The molecule has 0 N–H and O–H groups in total. The van der Waals surface area contributed by atoms with Crippen molar-refractivity contribution in [1.29, 1.82) is 0 Å². The zero-order chi connectivity index (χ0) is 36.7. The summed E-state index contributed by atoms with van der Waals surface area (Å²) in [6, 6.07) is 0. The minimum atomic E-state index is -0.502. The molecule has 0 spiro atoms. The van der Waals surface area contributed by atoms with Crippen molar-refractivity contribution in [2.75, 3.05) is 13.2 Å². The van der Waals surface area contributed by atoms with Gasteiger partial charge in [0.15, 0.2) is 6.29 Å². The van der Waals surface area contributed by atoms with E-state index < -0.39 is 11.9 Å². The van der Waals surface area contributed by atoms with Crippen LogP contribution in [-0.4, -0.2) is 70.7 Å². The van der Waals surface area contributed by atoms with Crippen molar-refractivity contribution in [1.82, 2.24) is 39.3 Å². The molecular formula is C35H51BrN8O7Pd. The first-order valence-electron chi connectivity index (χ1n) is 15.8. The Morgan fingerprint density at radius 2 is 1.27 bits per heavy atom. The molecular weight excluding hydrogens is 831 g/mol. The van der Waals surface area contributed by atoms with Gasteiger partial charge >= 0.3 is 32.4 Å². The van der Waals surface area contributed by atoms with Crippen molar-refractivity contribution >= 4 is 34.2 Å². The van der Waals surface area contributed by atoms with Gasteiger partial charge in [0.25, 0.3) is 4.80 Å². The van der Waals surface area contributed by atoms with Crippen LogP contribution in [0.4, 0.5) is 0 Å². The number of hydrogen-bond acceptors (Lipinski definition) is 12. The van der Waals surface area contributed by atoms with Gasteiger partial charge in [-0.15, -0.1) is 0 Å². The number of carbonyl (C=O) groups excluding carboxylic acids is 3. The van der Waals surface area contributed by atoms with Crippen molar-refractivity contribution in [3.63, 3.8) is 0 Å². The first-order valence-corrected chi connectivity index (χ1v) is 16.6. The molecule has 5 aromatic rings. The first kappa shape index (κ1) is 49.9. The average Bonchev–Trinajstić information content (AvgIpc) is 3.92. The molecule has 0 amide bonds. The maximum absolute atomic E-state index is 11.6. The number of esters is 2. The van der Waals surface area contributed by atoms with Crippen LogP contribution in [0.25, 0.3) is 11.6 Å². The largest absolute Gasteiger partial charge is 2.00 e. The Bertz CT molecular complexity index is 1790. The molecule has 0 saturated heterocycles. The zero-order valence-corrected chi connectivity index (χ0v) is 35.2. The number of aromatic nitrogens is 8. The van der Waals surface area contributed by atoms with Crippen molar-refractivity contribution < 1.29 is 53.1 Å². The second-order valence-corrected chi connectivity index (χ2v) is 10.9. The Morgan fingerprint density at radius 1 is 0.750 bits per heavy atom.